The van der Waals surface area contributed by atoms with Gasteiger partial charge in [-0.3, -0.25) is 9.59 Å². The van der Waals surface area contributed by atoms with E-state index in [-0.39, 0.29) is 36.6 Å². The second-order valence-electron chi connectivity index (χ2n) is 7.74. The highest BCUT2D eigenvalue weighted by molar-refractivity contribution is 7.98. The first-order valence-electron chi connectivity index (χ1n) is 10.3. The summed E-state index contributed by atoms with van der Waals surface area (Å²) in [7, 11) is 1.84. The van der Waals surface area contributed by atoms with Crippen LogP contribution in [0.4, 0.5) is 4.39 Å². The van der Waals surface area contributed by atoms with E-state index in [1.807, 2.05) is 41.9 Å². The highest BCUT2D eigenvalue weighted by Crippen LogP contribution is 2.27. The number of amides is 2. The number of hydrogen-bond donors (Lipinski definition) is 1. The van der Waals surface area contributed by atoms with Crippen LogP contribution in [0.3, 0.4) is 0 Å². The molecule has 1 N–H and O–H groups in total. The summed E-state index contributed by atoms with van der Waals surface area (Å²) in [6.07, 6.45) is 0.426. The molecule has 2 heterocycles. The fourth-order valence-electron chi connectivity index (χ4n) is 3.63. The third-order valence-corrected chi connectivity index (χ3v) is 6.56. The van der Waals surface area contributed by atoms with Gasteiger partial charge in [-0.15, -0.1) is 10.2 Å². The average molecular weight is 454 g/mol. The predicted molar refractivity (Wildman–Crippen MR) is 119 cm³/mol. The van der Waals surface area contributed by atoms with Crippen LogP contribution in [0, 0.1) is 5.82 Å². The number of carbonyl (C=O) groups is 2. The lowest BCUT2D eigenvalue weighted by molar-refractivity contribution is -0.133. The Labute approximate surface area is 190 Å². The molecule has 4 rings (SSSR count). The van der Waals surface area contributed by atoms with E-state index >= 15 is 0 Å². The minimum atomic E-state index is -0.262. The van der Waals surface area contributed by atoms with Crippen LogP contribution in [0.15, 0.2) is 59.8 Å². The maximum absolute atomic E-state index is 13.0. The number of benzene rings is 2. The molecule has 3 aromatic rings. The molecule has 0 aliphatic carbocycles. The van der Waals surface area contributed by atoms with E-state index in [9.17, 15) is 14.0 Å². The molecule has 7 nitrogen and oxygen atoms in total. The molecule has 1 saturated heterocycles. The Bertz CT molecular complexity index is 1090. The highest BCUT2D eigenvalue weighted by atomic mass is 32.2. The summed E-state index contributed by atoms with van der Waals surface area (Å²) in [6.45, 7) is 0.806. The van der Waals surface area contributed by atoms with Crippen molar-refractivity contribution in [3.05, 3.63) is 77.4 Å². The van der Waals surface area contributed by atoms with Gasteiger partial charge in [-0.2, -0.15) is 0 Å². The molecule has 0 unspecified atom stereocenters. The van der Waals surface area contributed by atoms with E-state index in [1.54, 1.807) is 17.0 Å². The molecular weight excluding hydrogens is 429 g/mol. The van der Waals surface area contributed by atoms with Crippen LogP contribution < -0.4 is 5.32 Å². The normalized spacial score (nSPS) is 15.9. The maximum atomic E-state index is 13.0. The maximum Gasteiger partial charge on any atom is 0.240 e. The molecule has 1 aliphatic heterocycles. The summed E-state index contributed by atoms with van der Waals surface area (Å²) in [5, 5.41) is 11.9. The second-order valence-corrected chi connectivity index (χ2v) is 8.68. The minimum absolute atomic E-state index is 0.00728. The molecule has 2 amide bonds. The van der Waals surface area contributed by atoms with Crippen molar-refractivity contribution >= 4 is 23.6 Å². The molecule has 1 aliphatic rings. The van der Waals surface area contributed by atoms with Crippen LogP contribution >= 0.6 is 11.8 Å². The highest BCUT2D eigenvalue weighted by Gasteiger charge is 2.31. The Kier molecular flexibility index (Phi) is 6.84. The van der Waals surface area contributed by atoms with Crippen molar-refractivity contribution in [3.8, 4) is 0 Å². The first-order valence-corrected chi connectivity index (χ1v) is 11.3. The van der Waals surface area contributed by atoms with Crippen molar-refractivity contribution in [1.82, 2.24) is 25.0 Å². The van der Waals surface area contributed by atoms with Crippen molar-refractivity contribution < 1.29 is 14.0 Å². The van der Waals surface area contributed by atoms with Gasteiger partial charge >= 0.3 is 0 Å². The Balaban J connectivity index is 1.26. The number of carbonyl (C=O) groups excluding carboxylic acids is 2. The van der Waals surface area contributed by atoms with E-state index < -0.39 is 0 Å². The van der Waals surface area contributed by atoms with Gasteiger partial charge in [-0.1, -0.05) is 54.2 Å². The van der Waals surface area contributed by atoms with Crippen molar-refractivity contribution in [2.24, 2.45) is 7.05 Å². The Morgan fingerprint density at radius 3 is 2.66 bits per heavy atom. The van der Waals surface area contributed by atoms with E-state index in [1.165, 1.54) is 23.9 Å². The van der Waals surface area contributed by atoms with Crippen LogP contribution in [0.5, 0.6) is 0 Å². The summed E-state index contributed by atoms with van der Waals surface area (Å²) >= 11 is 1.49. The zero-order valence-corrected chi connectivity index (χ0v) is 18.5. The van der Waals surface area contributed by atoms with Gasteiger partial charge in [0.05, 0.1) is 13.1 Å². The van der Waals surface area contributed by atoms with Crippen LogP contribution in [-0.2, 0) is 28.9 Å². The van der Waals surface area contributed by atoms with Crippen molar-refractivity contribution in [1.29, 1.82) is 0 Å². The first-order chi connectivity index (χ1) is 15.5. The number of hydrogen-bond acceptors (Lipinski definition) is 5. The molecule has 0 spiro atoms. The van der Waals surface area contributed by atoms with Gasteiger partial charge in [0.15, 0.2) is 11.0 Å². The number of aromatic nitrogens is 3. The zero-order chi connectivity index (χ0) is 22.5. The number of thioether (sulfide) groups is 1. The Morgan fingerprint density at radius 2 is 1.91 bits per heavy atom. The second kappa shape index (κ2) is 9.95. The molecule has 0 bridgehead atoms. The topological polar surface area (TPSA) is 80.1 Å². The fourth-order valence-corrected chi connectivity index (χ4v) is 4.52. The third kappa shape index (κ3) is 5.34. The molecule has 1 atom stereocenters. The molecule has 2 aromatic carbocycles. The summed E-state index contributed by atoms with van der Waals surface area (Å²) in [5.74, 6) is 0.883. The minimum Gasteiger partial charge on any atom is -0.347 e. The summed E-state index contributed by atoms with van der Waals surface area (Å²) in [4.78, 5) is 26.4. The first kappa shape index (κ1) is 22.0. The number of rotatable bonds is 8. The number of likely N-dealkylation sites (tertiary alicyclic amines) is 1. The van der Waals surface area contributed by atoms with Gasteiger partial charge in [0.25, 0.3) is 0 Å². The van der Waals surface area contributed by atoms with Crippen LogP contribution in [0.1, 0.15) is 29.3 Å². The van der Waals surface area contributed by atoms with Gasteiger partial charge in [-0.05, 0) is 23.3 Å². The number of nitrogens with one attached hydrogen (secondary N) is 1. The predicted octanol–water partition coefficient (Wildman–Crippen LogP) is 2.88. The Morgan fingerprint density at radius 1 is 1.16 bits per heavy atom. The smallest absolute Gasteiger partial charge is 0.240 e. The molecular formula is C23H24FN5O2S. The lowest BCUT2D eigenvalue weighted by Gasteiger charge is -2.16. The molecule has 1 aromatic heterocycles. The molecule has 0 radical (unpaired) electrons. The number of halogens is 1. The third-order valence-electron chi connectivity index (χ3n) is 5.47. The van der Waals surface area contributed by atoms with Crippen molar-refractivity contribution in [2.45, 2.75) is 29.8 Å². The lowest BCUT2D eigenvalue weighted by Crippen LogP contribution is -2.38. The van der Waals surface area contributed by atoms with Gasteiger partial charge in [0, 0.05) is 31.7 Å². The molecule has 1 fully saturated rings. The van der Waals surface area contributed by atoms with Gasteiger partial charge in [0.2, 0.25) is 11.8 Å². The quantitative estimate of drug-likeness (QED) is 0.531. The van der Waals surface area contributed by atoms with Gasteiger partial charge in [0.1, 0.15) is 5.82 Å². The van der Waals surface area contributed by atoms with E-state index in [0.29, 0.717) is 29.7 Å². The van der Waals surface area contributed by atoms with Crippen molar-refractivity contribution in [2.75, 3.05) is 13.1 Å². The number of nitrogens with zero attached hydrogens (tertiary/aromatic N) is 4. The standard InChI is InChI=1S/C23H24FN5O2S/c1-28-20(26-27-23(28)32-15-16-7-9-19(24)10-8-16)12-25-21(30)14-29-13-18(11-22(29)31)17-5-3-2-4-6-17/h2-10,18H,11-15H2,1H3,(H,25,30)/t18-/m1/s1. The SMILES string of the molecule is Cn1c(CNC(=O)CN2C[C@H](c3ccccc3)CC2=O)nnc1SCc1ccc(F)cc1. The summed E-state index contributed by atoms with van der Waals surface area (Å²) in [6, 6.07) is 16.2. The average Bonchev–Trinajstić information content (AvgIpc) is 3.34. The summed E-state index contributed by atoms with van der Waals surface area (Å²) < 4.78 is 14.8. The van der Waals surface area contributed by atoms with E-state index in [0.717, 1.165) is 11.1 Å². The van der Waals surface area contributed by atoms with Crippen LogP contribution in [0.25, 0.3) is 0 Å². The molecule has 166 valence electrons. The van der Waals surface area contributed by atoms with E-state index in [2.05, 4.69) is 15.5 Å². The van der Waals surface area contributed by atoms with Crippen LogP contribution in [-0.4, -0.2) is 44.6 Å². The Hall–Kier alpha value is -3.20. The van der Waals surface area contributed by atoms with Crippen molar-refractivity contribution in [3.63, 3.8) is 0 Å². The zero-order valence-electron chi connectivity index (χ0n) is 17.7. The fraction of sp³-hybridized carbons (Fsp3) is 0.304. The van der Waals surface area contributed by atoms with Crippen LogP contribution in [0.2, 0.25) is 0 Å². The summed E-state index contributed by atoms with van der Waals surface area (Å²) in [5.41, 5.74) is 2.10. The monoisotopic (exact) mass is 453 g/mol. The largest absolute Gasteiger partial charge is 0.347 e. The van der Waals surface area contributed by atoms with Gasteiger partial charge < -0.3 is 14.8 Å². The molecule has 9 heteroatoms. The van der Waals surface area contributed by atoms with Gasteiger partial charge in [-0.25, -0.2) is 4.39 Å². The molecule has 0 saturated carbocycles. The molecule has 32 heavy (non-hydrogen) atoms. The van der Waals surface area contributed by atoms with E-state index in [4.69, 9.17) is 0 Å². The lowest BCUT2D eigenvalue weighted by atomic mass is 9.99.